The number of aromatic amines is 1. The van der Waals surface area contributed by atoms with Crippen LogP contribution in [0, 0.1) is 12.7 Å². The number of nitrogens with zero attached hydrogens (tertiary/aromatic N) is 1. The van der Waals surface area contributed by atoms with E-state index < -0.39 is 0 Å². The fourth-order valence-corrected chi connectivity index (χ4v) is 1.47. The minimum Gasteiger partial charge on any atom is -0.343 e. The highest BCUT2D eigenvalue weighted by Crippen LogP contribution is 2.22. The van der Waals surface area contributed by atoms with Crippen molar-refractivity contribution < 1.29 is 4.39 Å². The summed E-state index contributed by atoms with van der Waals surface area (Å²) in [5.41, 5.74) is 1.50. The summed E-state index contributed by atoms with van der Waals surface area (Å²) in [5.74, 6) is -0.260. The van der Waals surface area contributed by atoms with E-state index in [4.69, 9.17) is 0 Å². The number of hydrogen-bond donors (Lipinski definition) is 1. The summed E-state index contributed by atoms with van der Waals surface area (Å²) in [4.78, 5) is 6.97. The van der Waals surface area contributed by atoms with Crippen molar-refractivity contribution in [3.8, 4) is 0 Å². The number of aryl methyl sites for hydroxylation is 1. The van der Waals surface area contributed by atoms with Crippen LogP contribution in [0.3, 0.4) is 0 Å². The quantitative estimate of drug-likeness (QED) is 0.739. The number of hydrogen-bond acceptors (Lipinski definition) is 1. The maximum Gasteiger partial charge on any atom is 0.149 e. The highest BCUT2D eigenvalue weighted by atomic mass is 79.9. The first-order chi connectivity index (χ1) is 5.68. The summed E-state index contributed by atoms with van der Waals surface area (Å²) in [5, 5.41) is 0.530. The van der Waals surface area contributed by atoms with Crippen molar-refractivity contribution in [1.82, 2.24) is 9.97 Å². The number of halogens is 2. The minimum atomic E-state index is -0.260. The molecule has 0 aromatic carbocycles. The van der Waals surface area contributed by atoms with Crippen molar-refractivity contribution in [2.24, 2.45) is 0 Å². The second-order valence-electron chi connectivity index (χ2n) is 2.63. The summed E-state index contributed by atoms with van der Waals surface area (Å²) in [6.45, 7) is 1.87. The van der Waals surface area contributed by atoms with Crippen LogP contribution in [-0.4, -0.2) is 9.97 Å². The Morgan fingerprint density at radius 2 is 2.33 bits per heavy atom. The fraction of sp³-hybridized carbons (Fsp3) is 0.125. The molecule has 0 aliphatic rings. The van der Waals surface area contributed by atoms with Gasteiger partial charge in [0.05, 0.1) is 9.86 Å². The molecule has 2 aromatic heterocycles. The second kappa shape index (κ2) is 2.55. The number of H-pyrrole nitrogens is 1. The van der Waals surface area contributed by atoms with Crippen LogP contribution >= 0.6 is 15.9 Å². The van der Waals surface area contributed by atoms with Crippen molar-refractivity contribution in [3.05, 3.63) is 28.2 Å². The van der Waals surface area contributed by atoms with Gasteiger partial charge in [-0.05, 0) is 28.9 Å². The van der Waals surface area contributed by atoms with Crippen LogP contribution in [0.2, 0.25) is 0 Å². The van der Waals surface area contributed by atoms with Crippen molar-refractivity contribution in [3.63, 3.8) is 0 Å². The standard InChI is InChI=1S/C8H6BrFN2/c1-4-2-5-7(10)6(9)3-11-8(5)12-4/h2-3H,1H3,(H,11,12). The molecule has 2 rings (SSSR count). The molecule has 1 N–H and O–H groups in total. The van der Waals surface area contributed by atoms with E-state index in [1.54, 1.807) is 6.07 Å². The van der Waals surface area contributed by atoms with Crippen LogP contribution in [0.15, 0.2) is 16.7 Å². The van der Waals surface area contributed by atoms with Crippen LogP contribution in [0.1, 0.15) is 5.69 Å². The SMILES string of the molecule is Cc1cc2c(F)c(Br)cnc2[nH]1. The van der Waals surface area contributed by atoms with Gasteiger partial charge < -0.3 is 4.98 Å². The van der Waals surface area contributed by atoms with E-state index in [0.717, 1.165) is 5.69 Å². The lowest BCUT2D eigenvalue weighted by Gasteiger charge is -1.93. The molecular formula is C8H6BrFN2. The zero-order valence-corrected chi connectivity index (χ0v) is 7.94. The van der Waals surface area contributed by atoms with E-state index in [9.17, 15) is 4.39 Å². The van der Waals surface area contributed by atoms with Crippen LogP contribution in [0.4, 0.5) is 4.39 Å². The van der Waals surface area contributed by atoms with Gasteiger partial charge in [0, 0.05) is 11.9 Å². The molecule has 0 bridgehead atoms. The topological polar surface area (TPSA) is 28.7 Å². The molecule has 62 valence electrons. The van der Waals surface area contributed by atoms with E-state index in [2.05, 4.69) is 25.9 Å². The molecule has 0 fully saturated rings. The molecule has 4 heteroatoms. The average Bonchev–Trinajstić information content (AvgIpc) is 2.39. The summed E-state index contributed by atoms with van der Waals surface area (Å²) in [6.07, 6.45) is 1.45. The third-order valence-electron chi connectivity index (χ3n) is 1.68. The lowest BCUT2D eigenvalue weighted by atomic mass is 10.3. The largest absolute Gasteiger partial charge is 0.343 e. The smallest absolute Gasteiger partial charge is 0.149 e. The molecule has 0 saturated carbocycles. The van der Waals surface area contributed by atoms with Gasteiger partial charge in [-0.2, -0.15) is 0 Å². The van der Waals surface area contributed by atoms with Crippen LogP contribution in [-0.2, 0) is 0 Å². The highest BCUT2D eigenvalue weighted by molar-refractivity contribution is 9.10. The Morgan fingerprint density at radius 1 is 1.58 bits per heavy atom. The normalized spacial score (nSPS) is 10.9. The van der Waals surface area contributed by atoms with Crippen molar-refractivity contribution in [1.29, 1.82) is 0 Å². The molecule has 0 aliphatic heterocycles. The monoisotopic (exact) mass is 228 g/mol. The molecule has 0 atom stereocenters. The Kier molecular flexibility index (Phi) is 1.65. The van der Waals surface area contributed by atoms with Gasteiger partial charge in [0.2, 0.25) is 0 Å². The van der Waals surface area contributed by atoms with Gasteiger partial charge in [0.1, 0.15) is 11.5 Å². The first-order valence-corrected chi connectivity index (χ1v) is 4.27. The van der Waals surface area contributed by atoms with E-state index in [-0.39, 0.29) is 5.82 Å². The maximum absolute atomic E-state index is 13.3. The Bertz CT molecular complexity index is 436. The van der Waals surface area contributed by atoms with Crippen LogP contribution in [0.25, 0.3) is 11.0 Å². The number of fused-ring (bicyclic) bond motifs is 1. The second-order valence-corrected chi connectivity index (χ2v) is 3.49. The Morgan fingerprint density at radius 3 is 3.08 bits per heavy atom. The van der Waals surface area contributed by atoms with Crippen LogP contribution in [0.5, 0.6) is 0 Å². The van der Waals surface area contributed by atoms with E-state index >= 15 is 0 Å². The molecule has 0 spiro atoms. The summed E-state index contributed by atoms with van der Waals surface area (Å²) < 4.78 is 13.7. The average molecular weight is 229 g/mol. The van der Waals surface area contributed by atoms with Gasteiger partial charge in [0.25, 0.3) is 0 Å². The zero-order chi connectivity index (χ0) is 8.72. The summed E-state index contributed by atoms with van der Waals surface area (Å²) in [6, 6.07) is 1.74. The van der Waals surface area contributed by atoms with Gasteiger partial charge in [-0.3, -0.25) is 0 Å². The molecule has 2 aromatic rings. The van der Waals surface area contributed by atoms with Gasteiger partial charge in [-0.25, -0.2) is 9.37 Å². The number of rotatable bonds is 0. The Balaban J connectivity index is 2.89. The number of aromatic nitrogens is 2. The molecule has 12 heavy (non-hydrogen) atoms. The molecule has 0 amide bonds. The Hall–Kier alpha value is -0.900. The first kappa shape index (κ1) is 7.73. The third-order valence-corrected chi connectivity index (χ3v) is 2.24. The maximum atomic E-state index is 13.3. The van der Waals surface area contributed by atoms with Crippen molar-refractivity contribution >= 4 is 27.0 Å². The molecule has 2 heterocycles. The van der Waals surface area contributed by atoms with E-state index in [0.29, 0.717) is 15.5 Å². The van der Waals surface area contributed by atoms with E-state index in [1.807, 2.05) is 6.92 Å². The number of pyridine rings is 1. The molecule has 0 radical (unpaired) electrons. The zero-order valence-electron chi connectivity index (χ0n) is 6.36. The summed E-state index contributed by atoms with van der Waals surface area (Å²) in [7, 11) is 0. The first-order valence-electron chi connectivity index (χ1n) is 3.48. The van der Waals surface area contributed by atoms with Gasteiger partial charge >= 0.3 is 0 Å². The van der Waals surface area contributed by atoms with Crippen molar-refractivity contribution in [2.75, 3.05) is 0 Å². The van der Waals surface area contributed by atoms with Gasteiger partial charge in [0.15, 0.2) is 0 Å². The van der Waals surface area contributed by atoms with Crippen LogP contribution < -0.4 is 0 Å². The Labute approximate surface area is 76.9 Å². The summed E-state index contributed by atoms with van der Waals surface area (Å²) >= 11 is 3.07. The fourth-order valence-electron chi connectivity index (χ4n) is 1.15. The number of nitrogens with one attached hydrogen (secondary N) is 1. The third kappa shape index (κ3) is 1.03. The molecule has 2 nitrogen and oxygen atoms in total. The lowest BCUT2D eigenvalue weighted by molar-refractivity contribution is 0.632. The lowest BCUT2D eigenvalue weighted by Crippen LogP contribution is -1.82. The molecule has 0 aliphatic carbocycles. The van der Waals surface area contributed by atoms with Crippen molar-refractivity contribution in [2.45, 2.75) is 6.92 Å². The predicted molar refractivity (Wildman–Crippen MR) is 48.5 cm³/mol. The minimum absolute atomic E-state index is 0.260. The van der Waals surface area contributed by atoms with Gasteiger partial charge in [-0.1, -0.05) is 0 Å². The van der Waals surface area contributed by atoms with E-state index in [1.165, 1.54) is 6.20 Å². The van der Waals surface area contributed by atoms with Gasteiger partial charge in [-0.15, -0.1) is 0 Å². The highest BCUT2D eigenvalue weighted by Gasteiger charge is 2.07. The predicted octanol–water partition coefficient (Wildman–Crippen LogP) is 2.77. The molecule has 0 saturated heterocycles. The molecular weight excluding hydrogens is 223 g/mol. The molecule has 0 unspecified atom stereocenters.